The van der Waals surface area contributed by atoms with Gasteiger partial charge < -0.3 is 5.43 Å². The molecule has 0 fully saturated rings. The number of para-hydroxylation sites is 1. The first-order chi connectivity index (χ1) is 8.61. The molecule has 0 aliphatic carbocycles. The number of aryl methyl sites for hydroxylation is 1. The number of hydrazine groups is 1. The lowest BCUT2D eigenvalue weighted by Crippen LogP contribution is -2.09. The van der Waals surface area contributed by atoms with Crippen molar-refractivity contribution in [2.45, 2.75) is 17.0 Å². The maximum absolute atomic E-state index is 11.0. The van der Waals surface area contributed by atoms with E-state index in [0.29, 0.717) is 15.9 Å². The summed E-state index contributed by atoms with van der Waals surface area (Å²) in [5.74, 6) is 5.90. The van der Waals surface area contributed by atoms with E-state index in [-0.39, 0.29) is 11.4 Å². The minimum Gasteiger partial charge on any atom is -0.318 e. The van der Waals surface area contributed by atoms with Crippen LogP contribution in [0.2, 0.25) is 0 Å². The quantitative estimate of drug-likeness (QED) is 0.435. The number of hydrogen-bond donors (Lipinski definition) is 3. The monoisotopic (exact) mass is 266 g/mol. The highest BCUT2D eigenvalue weighted by Crippen LogP contribution is 2.37. The highest BCUT2D eigenvalue weighted by atomic mass is 32.2. The molecule has 9 heteroatoms. The van der Waals surface area contributed by atoms with Crippen molar-refractivity contribution in [3.05, 3.63) is 34.1 Å². The van der Waals surface area contributed by atoms with Gasteiger partial charge in [-0.1, -0.05) is 6.07 Å². The van der Waals surface area contributed by atoms with Crippen LogP contribution >= 0.6 is 11.8 Å². The number of nitrogen functional groups attached to an aromatic ring is 1. The van der Waals surface area contributed by atoms with E-state index in [2.05, 4.69) is 20.6 Å². The first kappa shape index (κ1) is 12.3. The van der Waals surface area contributed by atoms with Crippen LogP contribution < -0.4 is 11.3 Å². The molecule has 2 aromatic rings. The summed E-state index contributed by atoms with van der Waals surface area (Å²) in [6, 6.07) is 4.82. The van der Waals surface area contributed by atoms with Crippen LogP contribution in [0.15, 0.2) is 28.3 Å². The van der Waals surface area contributed by atoms with E-state index in [1.165, 1.54) is 6.07 Å². The van der Waals surface area contributed by atoms with Crippen LogP contribution in [0.5, 0.6) is 0 Å². The van der Waals surface area contributed by atoms with Crippen molar-refractivity contribution >= 4 is 23.1 Å². The van der Waals surface area contributed by atoms with E-state index in [9.17, 15) is 10.1 Å². The minimum atomic E-state index is -0.489. The lowest BCUT2D eigenvalue weighted by atomic mass is 10.3. The molecule has 0 atom stereocenters. The molecule has 18 heavy (non-hydrogen) atoms. The number of aromatic amines is 1. The van der Waals surface area contributed by atoms with E-state index in [4.69, 9.17) is 5.84 Å². The topological polar surface area (TPSA) is 123 Å². The molecule has 0 unspecified atom stereocenters. The molecule has 1 heterocycles. The number of rotatable bonds is 4. The summed E-state index contributed by atoms with van der Waals surface area (Å²) in [4.78, 5) is 15.1. The van der Waals surface area contributed by atoms with Gasteiger partial charge in [-0.15, -0.1) is 5.10 Å². The van der Waals surface area contributed by atoms with Gasteiger partial charge in [0.05, 0.1) is 9.82 Å². The summed E-state index contributed by atoms with van der Waals surface area (Å²) in [6.45, 7) is 1.75. The molecular weight excluding hydrogens is 256 g/mol. The van der Waals surface area contributed by atoms with Crippen molar-refractivity contribution in [1.82, 2.24) is 15.2 Å². The molecule has 0 spiro atoms. The van der Waals surface area contributed by atoms with Gasteiger partial charge in [0.1, 0.15) is 11.5 Å². The van der Waals surface area contributed by atoms with E-state index in [1.807, 2.05) is 0 Å². The van der Waals surface area contributed by atoms with Crippen molar-refractivity contribution in [2.75, 3.05) is 5.43 Å². The van der Waals surface area contributed by atoms with Gasteiger partial charge in [-0.05, 0) is 30.8 Å². The average molecular weight is 266 g/mol. The first-order valence-electron chi connectivity index (χ1n) is 4.92. The Bertz CT molecular complexity index is 584. The molecule has 2 rings (SSSR count). The van der Waals surface area contributed by atoms with Crippen LogP contribution in [0.4, 0.5) is 11.4 Å². The number of nitrogens with one attached hydrogen (secondary N) is 2. The minimum absolute atomic E-state index is 0.0903. The Morgan fingerprint density at radius 3 is 2.89 bits per heavy atom. The van der Waals surface area contributed by atoms with E-state index < -0.39 is 4.92 Å². The van der Waals surface area contributed by atoms with Crippen LogP contribution in [-0.4, -0.2) is 20.1 Å². The summed E-state index contributed by atoms with van der Waals surface area (Å²) in [6.07, 6.45) is 0. The van der Waals surface area contributed by atoms with E-state index >= 15 is 0 Å². The zero-order chi connectivity index (χ0) is 13.1. The summed E-state index contributed by atoms with van der Waals surface area (Å²) in [5, 5.41) is 18.1. The third kappa shape index (κ3) is 2.41. The Kier molecular flexibility index (Phi) is 3.44. The largest absolute Gasteiger partial charge is 0.318 e. The highest BCUT2D eigenvalue weighted by Gasteiger charge is 2.21. The van der Waals surface area contributed by atoms with Crippen LogP contribution in [0, 0.1) is 17.0 Å². The van der Waals surface area contributed by atoms with E-state index in [0.717, 1.165) is 11.8 Å². The predicted molar refractivity (Wildman–Crippen MR) is 66.1 cm³/mol. The number of nitrogens with two attached hydrogens (primary N) is 1. The van der Waals surface area contributed by atoms with Gasteiger partial charge in [0.2, 0.25) is 5.16 Å². The second-order valence-corrected chi connectivity index (χ2v) is 4.37. The van der Waals surface area contributed by atoms with Crippen molar-refractivity contribution in [3.8, 4) is 0 Å². The Morgan fingerprint density at radius 2 is 2.33 bits per heavy atom. The van der Waals surface area contributed by atoms with Crippen LogP contribution in [-0.2, 0) is 0 Å². The predicted octanol–water partition coefficient (Wildman–Crippen LogP) is 1.46. The van der Waals surface area contributed by atoms with Gasteiger partial charge in [-0.25, -0.2) is 4.98 Å². The second kappa shape index (κ2) is 5.02. The maximum atomic E-state index is 11.0. The summed E-state index contributed by atoms with van der Waals surface area (Å²) < 4.78 is 0. The number of benzene rings is 1. The number of H-pyrrole nitrogens is 1. The fourth-order valence-corrected chi connectivity index (χ4v) is 2.27. The Labute approximate surface area is 106 Å². The third-order valence-electron chi connectivity index (χ3n) is 2.12. The van der Waals surface area contributed by atoms with E-state index in [1.54, 1.807) is 19.1 Å². The van der Waals surface area contributed by atoms with Gasteiger partial charge in [0.15, 0.2) is 0 Å². The summed E-state index contributed by atoms with van der Waals surface area (Å²) in [7, 11) is 0. The second-order valence-electron chi connectivity index (χ2n) is 3.36. The Morgan fingerprint density at radius 1 is 1.56 bits per heavy atom. The molecule has 94 valence electrons. The maximum Gasteiger partial charge on any atom is 0.307 e. The molecule has 0 aliphatic rings. The smallest absolute Gasteiger partial charge is 0.307 e. The Balaban J connectivity index is 2.41. The summed E-state index contributed by atoms with van der Waals surface area (Å²) in [5.41, 5.74) is 2.46. The first-order valence-corrected chi connectivity index (χ1v) is 5.74. The zero-order valence-corrected chi connectivity index (χ0v) is 10.2. The van der Waals surface area contributed by atoms with Crippen molar-refractivity contribution < 1.29 is 4.92 Å². The number of nitro groups is 1. The van der Waals surface area contributed by atoms with Crippen molar-refractivity contribution in [1.29, 1.82) is 0 Å². The molecule has 0 saturated heterocycles. The van der Waals surface area contributed by atoms with Crippen molar-refractivity contribution in [3.63, 3.8) is 0 Å². The number of aromatic nitrogens is 3. The van der Waals surface area contributed by atoms with Crippen LogP contribution in [0.25, 0.3) is 0 Å². The van der Waals surface area contributed by atoms with Gasteiger partial charge in [-0.3, -0.25) is 21.1 Å². The number of anilines is 1. The fraction of sp³-hybridized carbons (Fsp3) is 0.111. The molecule has 1 aromatic heterocycles. The zero-order valence-electron chi connectivity index (χ0n) is 9.38. The summed E-state index contributed by atoms with van der Waals surface area (Å²) >= 11 is 1.10. The average Bonchev–Trinajstić information content (AvgIpc) is 2.74. The molecular formula is C9H10N6O2S. The third-order valence-corrected chi connectivity index (χ3v) is 3.03. The molecule has 8 nitrogen and oxygen atoms in total. The number of nitrogens with zero attached hydrogens (tertiary/aromatic N) is 3. The molecule has 0 radical (unpaired) electrons. The number of hydrogen-bond acceptors (Lipinski definition) is 7. The standard InChI is InChI=1S/C9H10N6O2S/c1-5-11-9(14-13-5)18-7-4-2-3-6(12-10)8(7)15(16)17/h2-4,12H,10H2,1H3,(H,11,13,14). The molecule has 0 bridgehead atoms. The number of nitro benzene ring substituents is 1. The lowest BCUT2D eigenvalue weighted by Gasteiger charge is -2.04. The van der Waals surface area contributed by atoms with Gasteiger partial charge in [0, 0.05) is 0 Å². The molecule has 1 aromatic carbocycles. The Hall–Kier alpha value is -2.13. The molecule has 0 saturated carbocycles. The fourth-order valence-electron chi connectivity index (χ4n) is 1.38. The molecule has 0 aliphatic heterocycles. The SMILES string of the molecule is Cc1nc(Sc2cccc(NN)c2[N+](=O)[O-])n[nH]1. The lowest BCUT2D eigenvalue weighted by molar-refractivity contribution is -0.386. The van der Waals surface area contributed by atoms with Gasteiger partial charge in [0.25, 0.3) is 0 Å². The normalized spacial score (nSPS) is 10.3. The van der Waals surface area contributed by atoms with Crippen LogP contribution in [0.3, 0.4) is 0 Å². The van der Waals surface area contributed by atoms with Gasteiger partial charge >= 0.3 is 5.69 Å². The van der Waals surface area contributed by atoms with Crippen LogP contribution in [0.1, 0.15) is 5.82 Å². The van der Waals surface area contributed by atoms with Gasteiger partial charge in [-0.2, -0.15) is 0 Å². The highest BCUT2D eigenvalue weighted by molar-refractivity contribution is 7.99. The molecule has 4 N–H and O–H groups in total. The molecule has 0 amide bonds. The van der Waals surface area contributed by atoms with Crippen molar-refractivity contribution in [2.24, 2.45) is 5.84 Å².